The fraction of sp³-hybridized carbons (Fsp3) is 0.667. The van der Waals surface area contributed by atoms with Crippen LogP contribution in [0.2, 0.25) is 0 Å². The number of carbonyl (C=O) groups is 1. The summed E-state index contributed by atoms with van der Waals surface area (Å²) in [5.74, 6) is -0.742. The Hall–Kier alpha value is -0.970. The Morgan fingerprint density at radius 1 is 1.43 bits per heavy atom. The highest BCUT2D eigenvalue weighted by Gasteiger charge is 2.43. The van der Waals surface area contributed by atoms with Gasteiger partial charge in [-0.2, -0.15) is 4.37 Å². The molecule has 2 rings (SSSR count). The number of carboxylic acids is 1. The zero-order valence-electron chi connectivity index (χ0n) is 7.77. The van der Waals surface area contributed by atoms with Crippen LogP contribution in [0.3, 0.4) is 0 Å². The van der Waals surface area contributed by atoms with Crippen LogP contribution in [0.4, 0.5) is 0 Å². The van der Waals surface area contributed by atoms with Crippen LogP contribution >= 0.6 is 11.5 Å². The van der Waals surface area contributed by atoms with Gasteiger partial charge in [-0.05, 0) is 24.4 Å². The smallest absolute Gasteiger partial charge is 0.316 e. The predicted octanol–water partition coefficient (Wildman–Crippen LogP) is 1.82. The summed E-state index contributed by atoms with van der Waals surface area (Å²) < 4.78 is 3.89. The van der Waals surface area contributed by atoms with Gasteiger partial charge in [-0.15, -0.1) is 0 Å². The van der Waals surface area contributed by atoms with Crippen LogP contribution in [-0.2, 0) is 10.2 Å². The van der Waals surface area contributed by atoms with Crippen molar-refractivity contribution in [1.29, 1.82) is 0 Å². The average Bonchev–Trinajstić information content (AvgIpc) is 2.72. The molecule has 0 atom stereocenters. The van der Waals surface area contributed by atoms with E-state index in [4.69, 9.17) is 0 Å². The first kappa shape index (κ1) is 9.58. The van der Waals surface area contributed by atoms with Crippen LogP contribution in [0.5, 0.6) is 0 Å². The van der Waals surface area contributed by atoms with Gasteiger partial charge in [0.25, 0.3) is 0 Å². The van der Waals surface area contributed by atoms with Gasteiger partial charge in [-0.25, -0.2) is 4.98 Å². The van der Waals surface area contributed by atoms with Crippen molar-refractivity contribution in [2.24, 2.45) is 0 Å². The van der Waals surface area contributed by atoms with Crippen molar-refractivity contribution in [3.8, 4) is 0 Å². The van der Waals surface area contributed by atoms with E-state index in [2.05, 4.69) is 9.36 Å². The molecule has 1 N–H and O–H groups in total. The molecule has 0 saturated heterocycles. The molecule has 1 heterocycles. The second-order valence-electron chi connectivity index (χ2n) is 3.69. The Labute approximate surface area is 86.2 Å². The van der Waals surface area contributed by atoms with Crippen molar-refractivity contribution in [3.05, 3.63) is 11.3 Å². The summed E-state index contributed by atoms with van der Waals surface area (Å²) in [6.07, 6.45) is 5.94. The third kappa shape index (κ3) is 1.41. The molecule has 1 aliphatic carbocycles. The van der Waals surface area contributed by atoms with Crippen LogP contribution in [0, 0.1) is 0 Å². The van der Waals surface area contributed by atoms with E-state index in [-0.39, 0.29) is 0 Å². The van der Waals surface area contributed by atoms with Crippen molar-refractivity contribution < 1.29 is 9.90 Å². The minimum absolute atomic E-state index is 0.671. The maximum Gasteiger partial charge on any atom is 0.316 e. The van der Waals surface area contributed by atoms with Gasteiger partial charge in [0.1, 0.15) is 16.7 Å². The van der Waals surface area contributed by atoms with Gasteiger partial charge in [-0.3, -0.25) is 4.79 Å². The number of carboxylic acid groups (broad SMARTS) is 1. The monoisotopic (exact) mass is 212 g/mol. The van der Waals surface area contributed by atoms with E-state index in [0.717, 1.165) is 19.3 Å². The minimum atomic E-state index is -0.742. The standard InChI is InChI=1S/C9H12N2O2S/c12-8(13)9(4-2-1-3-5-9)7-10-6-11-14-7/h6H,1-5H2,(H,12,13). The number of aliphatic carboxylic acids is 1. The lowest BCUT2D eigenvalue weighted by atomic mass is 9.74. The molecule has 1 saturated carbocycles. The number of hydrogen-bond acceptors (Lipinski definition) is 4. The van der Waals surface area contributed by atoms with E-state index in [0.29, 0.717) is 17.8 Å². The predicted molar refractivity (Wildman–Crippen MR) is 52.3 cm³/mol. The summed E-state index contributed by atoms with van der Waals surface area (Å²) in [6, 6.07) is 0. The van der Waals surface area contributed by atoms with Gasteiger partial charge in [0.05, 0.1) is 0 Å². The molecule has 0 aliphatic heterocycles. The fourth-order valence-electron chi connectivity index (χ4n) is 2.06. The third-order valence-electron chi connectivity index (χ3n) is 2.89. The molecule has 14 heavy (non-hydrogen) atoms. The molecule has 1 fully saturated rings. The first-order valence-corrected chi connectivity index (χ1v) is 5.53. The van der Waals surface area contributed by atoms with E-state index in [9.17, 15) is 9.90 Å². The Kier molecular flexibility index (Phi) is 2.50. The van der Waals surface area contributed by atoms with Gasteiger partial charge in [0.2, 0.25) is 0 Å². The van der Waals surface area contributed by atoms with Gasteiger partial charge >= 0.3 is 5.97 Å². The maximum atomic E-state index is 11.3. The molecular weight excluding hydrogens is 200 g/mol. The molecule has 4 nitrogen and oxygen atoms in total. The molecule has 0 aromatic carbocycles. The van der Waals surface area contributed by atoms with Crippen LogP contribution in [0.15, 0.2) is 6.33 Å². The summed E-state index contributed by atoms with van der Waals surface area (Å²) in [7, 11) is 0. The summed E-state index contributed by atoms with van der Waals surface area (Å²) >= 11 is 1.21. The molecule has 1 aliphatic rings. The van der Waals surface area contributed by atoms with E-state index >= 15 is 0 Å². The highest BCUT2D eigenvalue weighted by atomic mass is 32.1. The van der Waals surface area contributed by atoms with Crippen molar-refractivity contribution in [1.82, 2.24) is 9.36 Å². The number of nitrogens with zero attached hydrogens (tertiary/aromatic N) is 2. The second kappa shape index (κ2) is 3.65. The molecule has 0 bridgehead atoms. The average molecular weight is 212 g/mol. The van der Waals surface area contributed by atoms with Crippen LogP contribution in [0.25, 0.3) is 0 Å². The number of aromatic nitrogens is 2. The van der Waals surface area contributed by atoms with Gasteiger partial charge in [-0.1, -0.05) is 19.3 Å². The first-order chi connectivity index (χ1) is 6.76. The lowest BCUT2D eigenvalue weighted by Gasteiger charge is -2.30. The normalized spacial score (nSPS) is 20.6. The Bertz CT molecular complexity index is 318. The van der Waals surface area contributed by atoms with Crippen LogP contribution < -0.4 is 0 Å². The lowest BCUT2D eigenvalue weighted by molar-refractivity contribution is -0.145. The third-order valence-corrected chi connectivity index (χ3v) is 3.76. The SMILES string of the molecule is O=C(O)C1(c2ncns2)CCCCC1. The van der Waals surface area contributed by atoms with Gasteiger partial charge in [0, 0.05) is 0 Å². The number of hydrogen-bond donors (Lipinski definition) is 1. The zero-order chi connectivity index (χ0) is 10.0. The molecule has 76 valence electrons. The number of rotatable bonds is 2. The Morgan fingerprint density at radius 3 is 2.64 bits per heavy atom. The molecule has 0 amide bonds. The molecule has 1 aromatic heterocycles. The van der Waals surface area contributed by atoms with Crippen molar-refractivity contribution in [3.63, 3.8) is 0 Å². The Balaban J connectivity index is 2.35. The van der Waals surface area contributed by atoms with Gasteiger partial charge < -0.3 is 5.11 Å². The molecule has 5 heteroatoms. The zero-order valence-corrected chi connectivity index (χ0v) is 8.59. The first-order valence-electron chi connectivity index (χ1n) is 4.76. The van der Waals surface area contributed by atoms with Crippen molar-refractivity contribution in [2.75, 3.05) is 0 Å². The molecular formula is C9H12N2O2S. The highest BCUT2D eigenvalue weighted by molar-refractivity contribution is 7.05. The lowest BCUT2D eigenvalue weighted by Crippen LogP contribution is -2.37. The second-order valence-corrected chi connectivity index (χ2v) is 4.47. The van der Waals surface area contributed by atoms with Gasteiger partial charge in [0.15, 0.2) is 0 Å². The van der Waals surface area contributed by atoms with Crippen LogP contribution in [0.1, 0.15) is 37.1 Å². The van der Waals surface area contributed by atoms with E-state index in [1.165, 1.54) is 17.9 Å². The van der Waals surface area contributed by atoms with Crippen molar-refractivity contribution in [2.45, 2.75) is 37.5 Å². The fourth-order valence-corrected chi connectivity index (χ4v) is 2.81. The van der Waals surface area contributed by atoms with Crippen molar-refractivity contribution >= 4 is 17.5 Å². The molecule has 1 aromatic rings. The largest absolute Gasteiger partial charge is 0.481 e. The maximum absolute atomic E-state index is 11.3. The summed E-state index contributed by atoms with van der Waals surface area (Å²) in [4.78, 5) is 15.4. The molecule has 0 unspecified atom stereocenters. The van der Waals surface area contributed by atoms with E-state index in [1.807, 2.05) is 0 Å². The quantitative estimate of drug-likeness (QED) is 0.812. The summed E-state index contributed by atoms with van der Waals surface area (Å²) in [6.45, 7) is 0. The van der Waals surface area contributed by atoms with E-state index in [1.54, 1.807) is 0 Å². The topological polar surface area (TPSA) is 63.1 Å². The van der Waals surface area contributed by atoms with Crippen LogP contribution in [-0.4, -0.2) is 20.4 Å². The molecule has 0 radical (unpaired) electrons. The van der Waals surface area contributed by atoms with E-state index < -0.39 is 11.4 Å². The minimum Gasteiger partial charge on any atom is -0.481 e. The summed E-state index contributed by atoms with van der Waals surface area (Å²) in [5, 5.41) is 9.97. The highest BCUT2D eigenvalue weighted by Crippen LogP contribution is 2.39. The molecule has 0 spiro atoms. The summed E-state index contributed by atoms with van der Waals surface area (Å²) in [5.41, 5.74) is -0.737. The Morgan fingerprint density at radius 2 is 2.14 bits per heavy atom.